The van der Waals surface area contributed by atoms with Gasteiger partial charge in [-0.05, 0) is 20.2 Å². The van der Waals surface area contributed by atoms with Crippen LogP contribution in [0, 0.1) is 17.5 Å². The van der Waals surface area contributed by atoms with Crippen molar-refractivity contribution in [1.29, 1.82) is 0 Å². The van der Waals surface area contributed by atoms with Gasteiger partial charge < -0.3 is 16.0 Å². The third-order valence-corrected chi connectivity index (χ3v) is 2.54. The first kappa shape index (κ1) is 15.5. The van der Waals surface area contributed by atoms with Crippen molar-refractivity contribution < 1.29 is 18.0 Å². The average Bonchev–Trinajstić information content (AvgIpc) is 2.29. The van der Waals surface area contributed by atoms with Crippen molar-refractivity contribution in [3.8, 4) is 0 Å². The molecule has 0 saturated carbocycles. The van der Waals surface area contributed by atoms with E-state index in [0.29, 0.717) is 25.2 Å². The lowest BCUT2D eigenvalue weighted by Gasteiger charge is -2.18. The van der Waals surface area contributed by atoms with Crippen LogP contribution >= 0.6 is 0 Å². The fourth-order valence-corrected chi connectivity index (χ4v) is 1.56. The van der Waals surface area contributed by atoms with E-state index in [1.54, 1.807) is 0 Å². The van der Waals surface area contributed by atoms with Gasteiger partial charge in [0, 0.05) is 24.7 Å². The summed E-state index contributed by atoms with van der Waals surface area (Å²) in [5.41, 5.74) is 4.84. The van der Waals surface area contributed by atoms with Crippen LogP contribution in [0.5, 0.6) is 0 Å². The molecule has 4 nitrogen and oxygen atoms in total. The van der Waals surface area contributed by atoms with E-state index in [4.69, 9.17) is 5.73 Å². The zero-order valence-electron chi connectivity index (χ0n) is 10.7. The van der Waals surface area contributed by atoms with Crippen LogP contribution in [0.1, 0.15) is 11.6 Å². The largest absolute Gasteiger partial charge is 0.368 e. The molecule has 106 valence electrons. The van der Waals surface area contributed by atoms with Crippen LogP contribution in [0.15, 0.2) is 12.1 Å². The molecule has 0 aromatic heterocycles. The minimum Gasteiger partial charge on any atom is -0.368 e. The molecule has 1 rings (SSSR count). The first-order chi connectivity index (χ1) is 8.82. The first-order valence-corrected chi connectivity index (χ1v) is 5.64. The minimum absolute atomic E-state index is 0.301. The van der Waals surface area contributed by atoms with Gasteiger partial charge in [0.1, 0.15) is 11.9 Å². The molecule has 3 N–H and O–H groups in total. The smallest absolute Gasteiger partial charge is 0.239 e. The van der Waals surface area contributed by atoms with Crippen molar-refractivity contribution >= 4 is 5.91 Å². The molecular weight excluding hydrogens is 259 g/mol. The number of carbonyl (C=O) groups excluding carboxylic acids is 1. The minimum atomic E-state index is -1.31. The van der Waals surface area contributed by atoms with Gasteiger partial charge in [0.25, 0.3) is 0 Å². The highest BCUT2D eigenvalue weighted by Gasteiger charge is 2.23. The molecular formula is C12H16F3N3O. The van der Waals surface area contributed by atoms with Crippen molar-refractivity contribution in [1.82, 2.24) is 10.2 Å². The number of nitrogens with two attached hydrogens (primary N) is 1. The van der Waals surface area contributed by atoms with Crippen LogP contribution < -0.4 is 11.1 Å². The van der Waals surface area contributed by atoms with Gasteiger partial charge in [0.2, 0.25) is 5.91 Å². The first-order valence-electron chi connectivity index (χ1n) is 5.64. The molecule has 0 heterocycles. The van der Waals surface area contributed by atoms with Crippen LogP contribution in [-0.4, -0.2) is 38.0 Å². The molecule has 1 unspecified atom stereocenters. The number of likely N-dealkylation sites (N-methyl/N-ethyl adjacent to an activating group) is 1. The predicted molar refractivity (Wildman–Crippen MR) is 64.8 cm³/mol. The van der Waals surface area contributed by atoms with Crippen LogP contribution in [0.25, 0.3) is 0 Å². The summed E-state index contributed by atoms with van der Waals surface area (Å²) in [6.45, 7) is 0.925. The monoisotopic (exact) mass is 275 g/mol. The van der Waals surface area contributed by atoms with Gasteiger partial charge in [-0.3, -0.25) is 4.79 Å². The second-order valence-corrected chi connectivity index (χ2v) is 4.38. The van der Waals surface area contributed by atoms with Gasteiger partial charge in [-0.2, -0.15) is 0 Å². The molecule has 1 aromatic carbocycles. The molecule has 0 spiro atoms. The Morgan fingerprint density at radius 2 is 1.84 bits per heavy atom. The number of rotatable bonds is 6. The summed E-state index contributed by atoms with van der Waals surface area (Å²) in [6.07, 6.45) is 0. The molecule has 1 aromatic rings. The van der Waals surface area contributed by atoms with Gasteiger partial charge in [-0.15, -0.1) is 0 Å². The number of hydrogen-bond acceptors (Lipinski definition) is 3. The maximum absolute atomic E-state index is 13.6. The van der Waals surface area contributed by atoms with Gasteiger partial charge in [-0.1, -0.05) is 0 Å². The molecule has 0 bridgehead atoms. The Morgan fingerprint density at radius 3 is 2.37 bits per heavy atom. The molecule has 0 radical (unpaired) electrons. The predicted octanol–water partition coefficient (Wildman–Crippen LogP) is 0.782. The van der Waals surface area contributed by atoms with E-state index in [9.17, 15) is 18.0 Å². The Kier molecular flexibility index (Phi) is 5.31. The van der Waals surface area contributed by atoms with Crippen molar-refractivity contribution in [2.45, 2.75) is 6.04 Å². The maximum Gasteiger partial charge on any atom is 0.239 e. The van der Waals surface area contributed by atoms with Gasteiger partial charge in [-0.25, -0.2) is 13.2 Å². The highest BCUT2D eigenvalue weighted by atomic mass is 19.2. The number of hydrogen-bond donors (Lipinski definition) is 2. The zero-order chi connectivity index (χ0) is 14.6. The Bertz CT molecular complexity index is 466. The van der Waals surface area contributed by atoms with Gasteiger partial charge >= 0.3 is 0 Å². The summed E-state index contributed by atoms with van der Waals surface area (Å²) in [4.78, 5) is 13.1. The SMILES string of the molecule is CN(C)CCNC(C(N)=O)c1cc(F)c(F)cc1F. The Balaban J connectivity index is 2.93. The molecule has 1 amide bonds. The number of carbonyl (C=O) groups is 1. The standard InChI is InChI=1S/C12H16F3N3O/c1-18(2)4-3-17-11(12(16)19)7-5-9(14)10(15)6-8(7)13/h5-6,11,17H,3-4H2,1-2H3,(H2,16,19). The number of nitrogens with one attached hydrogen (secondary N) is 1. The summed E-state index contributed by atoms with van der Waals surface area (Å²) in [6, 6.07) is -0.160. The molecule has 0 aliphatic rings. The quantitative estimate of drug-likeness (QED) is 0.754. The van der Waals surface area contributed by atoms with Crippen molar-refractivity contribution in [2.24, 2.45) is 5.73 Å². The lowest BCUT2D eigenvalue weighted by atomic mass is 10.1. The number of primary amides is 1. The Morgan fingerprint density at radius 1 is 1.26 bits per heavy atom. The Labute approximate surface area is 109 Å². The number of halogens is 3. The van der Waals surface area contributed by atoms with Crippen LogP contribution in [0.2, 0.25) is 0 Å². The topological polar surface area (TPSA) is 58.4 Å². The second kappa shape index (κ2) is 6.53. The highest BCUT2D eigenvalue weighted by Crippen LogP contribution is 2.20. The van der Waals surface area contributed by atoms with Crippen LogP contribution in [0.3, 0.4) is 0 Å². The summed E-state index contributed by atoms with van der Waals surface area (Å²) < 4.78 is 39.5. The van der Waals surface area contributed by atoms with Crippen molar-refractivity contribution in [3.63, 3.8) is 0 Å². The molecule has 0 fully saturated rings. The maximum atomic E-state index is 13.6. The van der Waals surface area contributed by atoms with Crippen molar-refractivity contribution in [2.75, 3.05) is 27.2 Å². The number of nitrogens with zero attached hydrogens (tertiary/aromatic N) is 1. The average molecular weight is 275 g/mol. The summed E-state index contributed by atoms with van der Waals surface area (Å²) in [7, 11) is 3.64. The lowest BCUT2D eigenvalue weighted by Crippen LogP contribution is -2.37. The molecule has 0 aliphatic heterocycles. The summed E-state index contributed by atoms with van der Waals surface area (Å²) in [5, 5.41) is 2.71. The normalized spacial score (nSPS) is 12.7. The van der Waals surface area contributed by atoms with E-state index in [0.717, 1.165) is 0 Å². The molecule has 19 heavy (non-hydrogen) atoms. The Hall–Kier alpha value is -1.60. The number of benzene rings is 1. The lowest BCUT2D eigenvalue weighted by molar-refractivity contribution is -0.120. The molecule has 0 saturated heterocycles. The molecule has 1 atom stereocenters. The van der Waals surface area contributed by atoms with E-state index in [-0.39, 0.29) is 5.56 Å². The van der Waals surface area contributed by atoms with E-state index >= 15 is 0 Å². The fraction of sp³-hybridized carbons (Fsp3) is 0.417. The van der Waals surface area contributed by atoms with Crippen LogP contribution in [-0.2, 0) is 4.79 Å². The van der Waals surface area contributed by atoms with E-state index < -0.39 is 29.4 Å². The molecule has 0 aliphatic carbocycles. The second-order valence-electron chi connectivity index (χ2n) is 4.38. The van der Waals surface area contributed by atoms with E-state index in [1.165, 1.54) is 0 Å². The van der Waals surface area contributed by atoms with Crippen molar-refractivity contribution in [3.05, 3.63) is 35.1 Å². The van der Waals surface area contributed by atoms with Crippen LogP contribution in [0.4, 0.5) is 13.2 Å². The molecule has 7 heteroatoms. The summed E-state index contributed by atoms with van der Waals surface area (Å²) >= 11 is 0. The van der Waals surface area contributed by atoms with Gasteiger partial charge in [0.15, 0.2) is 11.6 Å². The van der Waals surface area contributed by atoms with Gasteiger partial charge in [0.05, 0.1) is 0 Å². The highest BCUT2D eigenvalue weighted by molar-refractivity contribution is 5.81. The fourth-order valence-electron chi connectivity index (χ4n) is 1.56. The number of amides is 1. The third kappa shape index (κ3) is 4.22. The van der Waals surface area contributed by atoms with E-state index in [2.05, 4.69) is 5.32 Å². The van der Waals surface area contributed by atoms with E-state index in [1.807, 2.05) is 19.0 Å². The third-order valence-electron chi connectivity index (χ3n) is 2.54. The summed E-state index contributed by atoms with van der Waals surface area (Å²) in [5.74, 6) is -4.40. The zero-order valence-corrected chi connectivity index (χ0v) is 10.7.